The van der Waals surface area contributed by atoms with Gasteiger partial charge >= 0.3 is 0 Å². The molecule has 0 amide bonds. The Kier molecular flexibility index (Phi) is 8.01. The first-order valence-corrected chi connectivity index (χ1v) is 7.55. The quantitative estimate of drug-likeness (QED) is 0.380. The monoisotopic (exact) mass is 345 g/mol. The second kappa shape index (κ2) is 9.50. The highest BCUT2D eigenvalue weighted by atomic mass is 35.5. The summed E-state index contributed by atoms with van der Waals surface area (Å²) in [6.07, 6.45) is 4.10. The first kappa shape index (κ1) is 18.5. The number of ether oxygens (including phenoxy) is 1. The first-order chi connectivity index (χ1) is 10.5. The highest BCUT2D eigenvalue weighted by molar-refractivity contribution is 6.32. The summed E-state index contributed by atoms with van der Waals surface area (Å²) in [6, 6.07) is 0. The van der Waals surface area contributed by atoms with Crippen LogP contribution in [0.4, 0.5) is 11.8 Å². The summed E-state index contributed by atoms with van der Waals surface area (Å²) in [6.45, 7) is 4.94. The van der Waals surface area contributed by atoms with Crippen molar-refractivity contribution in [2.75, 3.05) is 30.8 Å². The summed E-state index contributed by atoms with van der Waals surface area (Å²) in [5, 5.41) is 7.13. The summed E-state index contributed by atoms with van der Waals surface area (Å²) in [5.74, 6) is 1.62. The van der Waals surface area contributed by atoms with Gasteiger partial charge in [-0.1, -0.05) is 23.2 Å². The van der Waals surface area contributed by atoms with Crippen LogP contribution in [0.1, 0.15) is 20.3 Å². The van der Waals surface area contributed by atoms with Gasteiger partial charge in [0.05, 0.1) is 18.3 Å². The average molecular weight is 346 g/mol. The third kappa shape index (κ3) is 6.09. The summed E-state index contributed by atoms with van der Waals surface area (Å²) < 4.78 is 5.06. The van der Waals surface area contributed by atoms with E-state index >= 15 is 0 Å². The van der Waals surface area contributed by atoms with Crippen molar-refractivity contribution >= 4 is 35.0 Å². The standard InChI is InChI=1S/C14H21Cl2N5O/c1-9(7-11(15)10(2)22-3)20-14-19-8-12(16)13(21-14)18-6-4-5-17/h7-8H,4-6,17H2,1-3H3,(H2,18,19,20,21)/b9-7+,11-10-. The fourth-order valence-corrected chi connectivity index (χ4v) is 1.86. The van der Waals surface area contributed by atoms with Crippen molar-refractivity contribution in [1.29, 1.82) is 0 Å². The number of halogens is 2. The van der Waals surface area contributed by atoms with Crippen LogP contribution < -0.4 is 16.4 Å². The van der Waals surface area contributed by atoms with Crippen LogP contribution >= 0.6 is 23.2 Å². The highest BCUT2D eigenvalue weighted by Crippen LogP contribution is 2.20. The van der Waals surface area contributed by atoms with Gasteiger partial charge in [-0.05, 0) is 32.9 Å². The maximum absolute atomic E-state index is 6.09. The lowest BCUT2D eigenvalue weighted by Gasteiger charge is -2.10. The topological polar surface area (TPSA) is 85.1 Å². The fourth-order valence-electron chi connectivity index (χ4n) is 1.46. The van der Waals surface area contributed by atoms with Crippen LogP contribution in [0.5, 0.6) is 0 Å². The molecule has 4 N–H and O–H groups in total. The van der Waals surface area contributed by atoms with Crippen molar-refractivity contribution in [1.82, 2.24) is 9.97 Å². The molecule has 0 aliphatic heterocycles. The molecule has 0 saturated heterocycles. The van der Waals surface area contributed by atoms with Gasteiger partial charge in [-0.25, -0.2) is 4.98 Å². The predicted molar refractivity (Wildman–Crippen MR) is 92.1 cm³/mol. The van der Waals surface area contributed by atoms with E-state index < -0.39 is 0 Å². The molecule has 1 heterocycles. The molecule has 0 atom stereocenters. The Balaban J connectivity index is 2.81. The molecule has 0 spiro atoms. The summed E-state index contributed by atoms with van der Waals surface area (Å²) >= 11 is 12.1. The zero-order valence-electron chi connectivity index (χ0n) is 12.9. The number of anilines is 2. The summed E-state index contributed by atoms with van der Waals surface area (Å²) in [4.78, 5) is 8.45. The Labute approximate surface area is 140 Å². The molecule has 122 valence electrons. The molecule has 22 heavy (non-hydrogen) atoms. The Bertz CT molecular complexity index is 560. The molecule has 0 aliphatic carbocycles. The van der Waals surface area contributed by atoms with Crippen molar-refractivity contribution in [3.63, 3.8) is 0 Å². The Morgan fingerprint density at radius 1 is 1.45 bits per heavy atom. The maximum atomic E-state index is 6.09. The van der Waals surface area contributed by atoms with E-state index in [4.69, 9.17) is 33.7 Å². The number of allylic oxidation sites excluding steroid dienone is 4. The molecular formula is C14H21Cl2N5O. The fraction of sp³-hybridized carbons (Fsp3) is 0.429. The number of rotatable bonds is 8. The molecule has 0 bridgehead atoms. The third-order valence-electron chi connectivity index (χ3n) is 2.71. The Morgan fingerprint density at radius 3 is 2.82 bits per heavy atom. The zero-order chi connectivity index (χ0) is 16.5. The molecule has 0 radical (unpaired) electrons. The van der Waals surface area contributed by atoms with Crippen molar-refractivity contribution < 1.29 is 4.74 Å². The van der Waals surface area contributed by atoms with E-state index in [0.717, 1.165) is 12.1 Å². The van der Waals surface area contributed by atoms with Crippen LogP contribution in [0.25, 0.3) is 0 Å². The van der Waals surface area contributed by atoms with Gasteiger partial charge in [-0.3, -0.25) is 0 Å². The summed E-state index contributed by atoms with van der Waals surface area (Å²) in [5.41, 5.74) is 6.23. The van der Waals surface area contributed by atoms with Gasteiger partial charge in [0.1, 0.15) is 16.6 Å². The van der Waals surface area contributed by atoms with Crippen LogP contribution in [-0.2, 0) is 4.74 Å². The number of hydrogen-bond donors (Lipinski definition) is 3. The Morgan fingerprint density at radius 2 is 2.18 bits per heavy atom. The van der Waals surface area contributed by atoms with Crippen molar-refractivity contribution in [3.8, 4) is 0 Å². The molecule has 6 nitrogen and oxygen atoms in total. The van der Waals surface area contributed by atoms with E-state index in [-0.39, 0.29) is 0 Å². The Hall–Kier alpha value is -1.50. The van der Waals surface area contributed by atoms with Crippen molar-refractivity contribution in [2.24, 2.45) is 5.73 Å². The predicted octanol–water partition coefficient (Wildman–Crippen LogP) is 3.32. The summed E-state index contributed by atoms with van der Waals surface area (Å²) in [7, 11) is 1.57. The smallest absolute Gasteiger partial charge is 0.228 e. The van der Waals surface area contributed by atoms with Gasteiger partial charge in [-0.15, -0.1) is 0 Å². The normalized spacial score (nSPS) is 12.7. The largest absolute Gasteiger partial charge is 0.500 e. The SMILES string of the molecule is CO/C(C)=C(Cl)/C=C(\C)Nc1ncc(Cl)c(NCCCN)n1. The van der Waals surface area contributed by atoms with E-state index in [1.165, 1.54) is 6.20 Å². The molecule has 1 rings (SSSR count). The van der Waals surface area contributed by atoms with Crippen molar-refractivity contribution in [2.45, 2.75) is 20.3 Å². The van der Waals surface area contributed by atoms with E-state index in [2.05, 4.69) is 20.6 Å². The van der Waals surface area contributed by atoms with Crippen LogP contribution in [-0.4, -0.2) is 30.2 Å². The molecule has 8 heteroatoms. The number of nitrogens with zero attached hydrogens (tertiary/aromatic N) is 2. The minimum Gasteiger partial charge on any atom is -0.500 e. The number of nitrogens with one attached hydrogen (secondary N) is 2. The molecule has 0 aromatic carbocycles. The highest BCUT2D eigenvalue weighted by Gasteiger charge is 2.05. The van der Waals surface area contributed by atoms with Crippen LogP contribution in [0.2, 0.25) is 5.02 Å². The first-order valence-electron chi connectivity index (χ1n) is 6.80. The van der Waals surface area contributed by atoms with E-state index in [9.17, 15) is 0 Å². The lowest BCUT2D eigenvalue weighted by Crippen LogP contribution is -2.11. The maximum Gasteiger partial charge on any atom is 0.228 e. The van der Waals surface area contributed by atoms with Crippen LogP contribution in [0.15, 0.2) is 28.8 Å². The number of hydrogen-bond acceptors (Lipinski definition) is 6. The molecule has 1 aromatic rings. The molecular weight excluding hydrogens is 325 g/mol. The number of aromatic nitrogens is 2. The van der Waals surface area contributed by atoms with Gasteiger partial charge in [0, 0.05) is 12.2 Å². The zero-order valence-corrected chi connectivity index (χ0v) is 14.4. The lowest BCUT2D eigenvalue weighted by molar-refractivity contribution is 0.292. The van der Waals surface area contributed by atoms with Gasteiger partial charge in [0.25, 0.3) is 0 Å². The van der Waals surface area contributed by atoms with Crippen LogP contribution in [0, 0.1) is 0 Å². The number of nitrogens with two attached hydrogens (primary N) is 1. The average Bonchev–Trinajstić information content (AvgIpc) is 2.49. The third-order valence-corrected chi connectivity index (χ3v) is 3.36. The van der Waals surface area contributed by atoms with E-state index in [0.29, 0.717) is 40.7 Å². The van der Waals surface area contributed by atoms with Gasteiger partial charge in [0.15, 0.2) is 0 Å². The van der Waals surface area contributed by atoms with Crippen molar-refractivity contribution in [3.05, 3.63) is 33.8 Å². The minimum absolute atomic E-state index is 0.424. The molecule has 0 aliphatic rings. The van der Waals surface area contributed by atoms with E-state index in [1.807, 2.05) is 6.92 Å². The second-order valence-electron chi connectivity index (χ2n) is 4.52. The van der Waals surface area contributed by atoms with Gasteiger partial charge in [0.2, 0.25) is 5.95 Å². The molecule has 1 aromatic heterocycles. The van der Waals surface area contributed by atoms with Gasteiger partial charge < -0.3 is 21.1 Å². The van der Waals surface area contributed by atoms with Gasteiger partial charge in [-0.2, -0.15) is 4.98 Å². The number of methoxy groups -OCH3 is 1. The molecule has 0 unspecified atom stereocenters. The van der Waals surface area contributed by atoms with Crippen LogP contribution in [0.3, 0.4) is 0 Å². The second-order valence-corrected chi connectivity index (χ2v) is 5.33. The minimum atomic E-state index is 0.424. The molecule has 0 saturated carbocycles. The molecule has 0 fully saturated rings. The van der Waals surface area contributed by atoms with E-state index in [1.54, 1.807) is 20.1 Å². The lowest BCUT2D eigenvalue weighted by atomic mass is 10.3.